The lowest BCUT2D eigenvalue weighted by Gasteiger charge is -2.47. The van der Waals surface area contributed by atoms with Gasteiger partial charge in [-0.1, -0.05) is 102 Å². The molecular weight excluding hydrogens is 608 g/mol. The van der Waals surface area contributed by atoms with Crippen LogP contribution in [-0.2, 0) is 47.8 Å². The van der Waals surface area contributed by atoms with E-state index in [-0.39, 0.29) is 25.4 Å². The number of carbonyl (C=O) groups excluding carboxylic acids is 3. The van der Waals surface area contributed by atoms with E-state index in [0.29, 0.717) is 17.8 Å². The summed E-state index contributed by atoms with van der Waals surface area (Å²) in [5.41, 5.74) is 11.8. The number of anilines is 2. The number of amides is 1. The van der Waals surface area contributed by atoms with E-state index in [1.807, 2.05) is 109 Å². The Balaban J connectivity index is 1.42. The summed E-state index contributed by atoms with van der Waals surface area (Å²) in [5, 5.41) is 10.5. The molecule has 3 heterocycles. The Morgan fingerprint density at radius 2 is 1.58 bits per heavy atom. The molecule has 3 aliphatic heterocycles. The molecule has 0 aromatic heterocycles. The molecule has 0 radical (unpaired) electrons. The van der Waals surface area contributed by atoms with Gasteiger partial charge in [0, 0.05) is 22.8 Å². The lowest BCUT2D eigenvalue weighted by atomic mass is 9.53. The maximum atomic E-state index is 14.8. The zero-order valence-electron chi connectivity index (χ0n) is 26.3. The Hall–Kier alpha value is -5.64. The second-order valence-corrected chi connectivity index (χ2v) is 12.4. The van der Waals surface area contributed by atoms with Crippen molar-refractivity contribution in [2.24, 2.45) is 5.11 Å². The molecule has 0 aliphatic carbocycles. The van der Waals surface area contributed by atoms with E-state index < -0.39 is 41.0 Å². The van der Waals surface area contributed by atoms with Crippen LogP contribution in [-0.4, -0.2) is 43.2 Å². The molecule has 1 amide bonds. The normalized spacial score (nSPS) is 24.0. The average Bonchev–Trinajstić information content (AvgIpc) is 3.74. The van der Waals surface area contributed by atoms with Crippen molar-refractivity contribution in [3.05, 3.63) is 142 Å². The van der Waals surface area contributed by atoms with Gasteiger partial charge in [-0.25, -0.2) is 0 Å². The molecule has 11 heteroatoms. The summed E-state index contributed by atoms with van der Waals surface area (Å²) in [4.78, 5) is 47.1. The molecule has 1 saturated heterocycles. The van der Waals surface area contributed by atoms with Gasteiger partial charge in [0.25, 0.3) is 0 Å². The largest absolute Gasteiger partial charge is 0.469 e. The molecule has 11 nitrogen and oxygen atoms in total. The molecule has 242 valence electrons. The zero-order valence-corrected chi connectivity index (χ0v) is 26.3. The van der Waals surface area contributed by atoms with Crippen LogP contribution in [0.3, 0.4) is 0 Å². The van der Waals surface area contributed by atoms with E-state index in [1.165, 1.54) is 7.11 Å². The van der Waals surface area contributed by atoms with Gasteiger partial charge in [-0.3, -0.25) is 19.7 Å². The number of hydrogen-bond acceptors (Lipinski definition) is 8. The fraction of sp³-hybridized carbons (Fsp3) is 0.270. The molecule has 7 rings (SSSR count). The van der Waals surface area contributed by atoms with Gasteiger partial charge in [0.1, 0.15) is 18.7 Å². The summed E-state index contributed by atoms with van der Waals surface area (Å²) in [6.07, 6.45) is -0.630. The first-order valence-electron chi connectivity index (χ1n) is 15.8. The number of para-hydroxylation sites is 2. The summed E-state index contributed by atoms with van der Waals surface area (Å²) in [7, 11) is 1.22. The third-order valence-corrected chi connectivity index (χ3v) is 10.0. The summed E-state index contributed by atoms with van der Waals surface area (Å²) in [5.74, 6) is -1.56. The van der Waals surface area contributed by atoms with Crippen molar-refractivity contribution in [3.63, 3.8) is 0 Å². The number of azide groups is 1. The second-order valence-electron chi connectivity index (χ2n) is 12.4. The molecule has 5 atom stereocenters. The van der Waals surface area contributed by atoms with Crippen LogP contribution >= 0.6 is 0 Å². The van der Waals surface area contributed by atoms with E-state index in [2.05, 4.69) is 25.6 Å². The summed E-state index contributed by atoms with van der Waals surface area (Å²) < 4.78 is 11.0. The third kappa shape index (κ3) is 4.87. The Kier molecular flexibility index (Phi) is 8.08. The quantitative estimate of drug-likeness (QED) is 0.100. The number of esters is 2. The SMILES string of the molecule is COC(=O)[C@H](C[C@]1([C@]23C[C@@H](C(=O)OCc4ccccc4)NC2N(Cc2ccccc2)c2ccccc23)C(=O)Nc2ccccc21)N=[N+]=[N-]. The first-order valence-corrected chi connectivity index (χ1v) is 15.8. The fourth-order valence-electron chi connectivity index (χ4n) is 8.06. The molecule has 0 bridgehead atoms. The fourth-order valence-corrected chi connectivity index (χ4v) is 8.06. The molecule has 3 aliphatic rings. The van der Waals surface area contributed by atoms with Crippen LogP contribution in [0.25, 0.3) is 10.4 Å². The number of benzene rings is 4. The van der Waals surface area contributed by atoms with Crippen molar-refractivity contribution in [1.29, 1.82) is 0 Å². The highest BCUT2D eigenvalue weighted by atomic mass is 16.5. The number of nitrogens with zero attached hydrogens (tertiary/aromatic N) is 4. The van der Waals surface area contributed by atoms with Gasteiger partial charge in [-0.15, -0.1) is 0 Å². The molecule has 48 heavy (non-hydrogen) atoms. The molecule has 4 aromatic carbocycles. The predicted molar refractivity (Wildman–Crippen MR) is 179 cm³/mol. The molecule has 1 fully saturated rings. The number of rotatable bonds is 10. The molecule has 1 unspecified atom stereocenters. The minimum absolute atomic E-state index is 0.0929. The number of carbonyl (C=O) groups is 3. The minimum Gasteiger partial charge on any atom is -0.469 e. The standard InChI is InChI=1S/C37H34N6O5/c1-47-32(44)30(41-42-38)21-37(26-16-8-10-18-28(26)40-35(37)46)36-20-29(33(45)48-23-25-14-6-3-7-15-25)39-34(36)43(22-24-12-4-2-5-13-24)31-19-11-9-17-27(31)36/h2-19,29-30,34,39H,20-23H2,1H3,(H,40,46)/t29-,30-,34?,36-,37+/m0/s1. The summed E-state index contributed by atoms with van der Waals surface area (Å²) in [6, 6.07) is 32.5. The average molecular weight is 643 g/mol. The van der Waals surface area contributed by atoms with E-state index in [0.717, 1.165) is 22.4 Å². The summed E-state index contributed by atoms with van der Waals surface area (Å²) >= 11 is 0. The van der Waals surface area contributed by atoms with Crippen LogP contribution in [0.1, 0.15) is 35.1 Å². The number of ether oxygens (including phenoxy) is 2. The van der Waals surface area contributed by atoms with Gasteiger partial charge in [-0.2, -0.15) is 0 Å². The van der Waals surface area contributed by atoms with Crippen LogP contribution in [0.2, 0.25) is 0 Å². The van der Waals surface area contributed by atoms with E-state index in [1.54, 1.807) is 0 Å². The van der Waals surface area contributed by atoms with Crippen molar-refractivity contribution in [3.8, 4) is 0 Å². The monoisotopic (exact) mass is 642 g/mol. The third-order valence-electron chi connectivity index (χ3n) is 10.0. The molecule has 4 aromatic rings. The molecule has 2 N–H and O–H groups in total. The number of fused-ring (bicyclic) bond motifs is 4. The first kappa shape index (κ1) is 31.0. The second kappa shape index (κ2) is 12.5. The predicted octanol–water partition coefficient (Wildman–Crippen LogP) is 5.51. The lowest BCUT2D eigenvalue weighted by molar-refractivity contribution is -0.147. The molecule has 0 saturated carbocycles. The summed E-state index contributed by atoms with van der Waals surface area (Å²) in [6.45, 7) is 0.564. The lowest BCUT2D eigenvalue weighted by Crippen LogP contribution is -2.62. The maximum Gasteiger partial charge on any atom is 0.323 e. The smallest absolute Gasteiger partial charge is 0.323 e. The van der Waals surface area contributed by atoms with Crippen LogP contribution < -0.4 is 15.5 Å². The number of hydrogen-bond donors (Lipinski definition) is 2. The van der Waals surface area contributed by atoms with Gasteiger partial charge >= 0.3 is 11.9 Å². The van der Waals surface area contributed by atoms with Gasteiger partial charge in [-0.05, 0) is 52.8 Å². The van der Waals surface area contributed by atoms with Gasteiger partial charge < -0.3 is 19.7 Å². The topological polar surface area (TPSA) is 146 Å². The Labute approximate surface area is 277 Å². The number of nitrogens with one attached hydrogen (secondary N) is 2. The maximum absolute atomic E-state index is 14.8. The van der Waals surface area contributed by atoms with E-state index in [9.17, 15) is 19.9 Å². The van der Waals surface area contributed by atoms with Crippen LogP contribution in [0, 0.1) is 0 Å². The molecule has 0 spiro atoms. The van der Waals surface area contributed by atoms with Crippen molar-refractivity contribution >= 4 is 29.2 Å². The van der Waals surface area contributed by atoms with Gasteiger partial charge in [0.05, 0.1) is 24.1 Å². The van der Waals surface area contributed by atoms with E-state index >= 15 is 0 Å². The first-order chi connectivity index (χ1) is 23.4. The van der Waals surface area contributed by atoms with Crippen LogP contribution in [0.5, 0.6) is 0 Å². The zero-order chi connectivity index (χ0) is 33.3. The highest BCUT2D eigenvalue weighted by Crippen LogP contribution is 2.64. The van der Waals surface area contributed by atoms with Crippen LogP contribution in [0.15, 0.2) is 114 Å². The Bertz CT molecular complexity index is 1920. The molecular formula is C37H34N6O5. The van der Waals surface area contributed by atoms with Crippen molar-refractivity contribution in [1.82, 2.24) is 5.32 Å². The Morgan fingerprint density at radius 1 is 0.938 bits per heavy atom. The highest BCUT2D eigenvalue weighted by Gasteiger charge is 2.72. The van der Waals surface area contributed by atoms with Gasteiger partial charge in [0.2, 0.25) is 5.91 Å². The van der Waals surface area contributed by atoms with Gasteiger partial charge in [0.15, 0.2) is 0 Å². The van der Waals surface area contributed by atoms with E-state index in [4.69, 9.17) is 9.47 Å². The number of methoxy groups -OCH3 is 1. The minimum atomic E-state index is -1.48. The Morgan fingerprint density at radius 3 is 2.29 bits per heavy atom. The van der Waals surface area contributed by atoms with Crippen LogP contribution in [0.4, 0.5) is 11.4 Å². The van der Waals surface area contributed by atoms with Crippen molar-refractivity contribution in [2.45, 2.75) is 55.1 Å². The highest BCUT2D eigenvalue weighted by molar-refractivity contribution is 6.09. The van der Waals surface area contributed by atoms with Crippen molar-refractivity contribution < 1.29 is 23.9 Å². The van der Waals surface area contributed by atoms with Crippen molar-refractivity contribution in [2.75, 3.05) is 17.3 Å².